The molecule has 0 bridgehead atoms. The molecule has 1 amide bonds. The molecule has 0 radical (unpaired) electrons. The molecule has 19 heavy (non-hydrogen) atoms. The van der Waals surface area contributed by atoms with E-state index < -0.39 is 17.7 Å². The Morgan fingerprint density at radius 1 is 1.26 bits per heavy atom. The van der Waals surface area contributed by atoms with E-state index in [-0.39, 0.29) is 16.9 Å². The largest absolute Gasteiger partial charge is 0.477 e. The maximum atomic E-state index is 12.9. The molecule has 2 aromatic rings. The van der Waals surface area contributed by atoms with Gasteiger partial charge in [-0.15, -0.1) is 0 Å². The molecule has 2 N–H and O–H groups in total. The summed E-state index contributed by atoms with van der Waals surface area (Å²) in [7, 11) is 0. The van der Waals surface area contributed by atoms with Crippen LogP contribution in [0.5, 0.6) is 0 Å². The fraction of sp³-hybridized carbons (Fsp3) is 0. The van der Waals surface area contributed by atoms with Crippen molar-refractivity contribution in [1.29, 1.82) is 0 Å². The predicted molar refractivity (Wildman–Crippen MR) is 63.3 cm³/mol. The molecule has 0 aromatic carbocycles. The van der Waals surface area contributed by atoms with Crippen molar-refractivity contribution in [3.63, 3.8) is 0 Å². The standard InChI is InChI=1S/C12H8FN3O3/c13-8-3-7(5-14-6-8)11(17)16-9-1-2-15-10(4-9)12(18)19/h1-6H,(H,18,19)(H,15,16,17). The third-order valence-electron chi connectivity index (χ3n) is 2.20. The van der Waals surface area contributed by atoms with E-state index in [1.807, 2.05) is 0 Å². The summed E-state index contributed by atoms with van der Waals surface area (Å²) in [5.74, 6) is -2.42. The number of nitrogens with one attached hydrogen (secondary N) is 1. The zero-order valence-electron chi connectivity index (χ0n) is 9.50. The van der Waals surface area contributed by atoms with Gasteiger partial charge in [-0.25, -0.2) is 14.2 Å². The van der Waals surface area contributed by atoms with E-state index in [0.717, 1.165) is 12.3 Å². The lowest BCUT2D eigenvalue weighted by Gasteiger charge is -2.05. The molecule has 0 aliphatic heterocycles. The van der Waals surface area contributed by atoms with E-state index in [9.17, 15) is 14.0 Å². The summed E-state index contributed by atoms with van der Waals surface area (Å²) in [6.07, 6.45) is 3.44. The molecule has 2 heterocycles. The lowest BCUT2D eigenvalue weighted by atomic mass is 10.2. The average Bonchev–Trinajstić information content (AvgIpc) is 2.39. The van der Waals surface area contributed by atoms with Crippen LogP contribution in [0.2, 0.25) is 0 Å². The number of carboxylic acid groups (broad SMARTS) is 1. The Kier molecular flexibility index (Phi) is 3.46. The summed E-state index contributed by atoms with van der Waals surface area (Å²) in [4.78, 5) is 29.6. The Bertz CT molecular complexity index is 646. The van der Waals surface area contributed by atoms with Gasteiger partial charge in [-0.1, -0.05) is 0 Å². The van der Waals surface area contributed by atoms with Crippen LogP contribution in [-0.2, 0) is 0 Å². The van der Waals surface area contributed by atoms with Gasteiger partial charge >= 0.3 is 5.97 Å². The van der Waals surface area contributed by atoms with Gasteiger partial charge in [-0.05, 0) is 18.2 Å². The van der Waals surface area contributed by atoms with Crippen LogP contribution in [0.3, 0.4) is 0 Å². The van der Waals surface area contributed by atoms with Crippen molar-refractivity contribution in [3.8, 4) is 0 Å². The number of pyridine rings is 2. The lowest BCUT2D eigenvalue weighted by Crippen LogP contribution is -2.13. The van der Waals surface area contributed by atoms with Gasteiger partial charge in [0.25, 0.3) is 5.91 Å². The van der Waals surface area contributed by atoms with Crippen LogP contribution in [0.4, 0.5) is 10.1 Å². The number of carbonyl (C=O) groups excluding carboxylic acids is 1. The van der Waals surface area contributed by atoms with Gasteiger partial charge in [-0.3, -0.25) is 9.78 Å². The minimum absolute atomic E-state index is 0.0358. The average molecular weight is 261 g/mol. The van der Waals surface area contributed by atoms with E-state index in [2.05, 4.69) is 15.3 Å². The second kappa shape index (κ2) is 5.21. The molecule has 96 valence electrons. The number of amides is 1. The number of hydrogen-bond acceptors (Lipinski definition) is 4. The molecule has 2 aromatic heterocycles. The lowest BCUT2D eigenvalue weighted by molar-refractivity contribution is 0.0690. The van der Waals surface area contributed by atoms with Gasteiger partial charge in [0.15, 0.2) is 0 Å². The van der Waals surface area contributed by atoms with E-state index in [1.165, 1.54) is 24.5 Å². The van der Waals surface area contributed by atoms with Crippen LogP contribution in [0.1, 0.15) is 20.8 Å². The summed E-state index contributed by atoms with van der Waals surface area (Å²) in [5.41, 5.74) is 0.0884. The van der Waals surface area contributed by atoms with E-state index in [1.54, 1.807) is 0 Å². The van der Waals surface area contributed by atoms with Gasteiger partial charge in [0.2, 0.25) is 0 Å². The maximum absolute atomic E-state index is 12.9. The van der Waals surface area contributed by atoms with Crippen LogP contribution < -0.4 is 5.32 Å². The quantitative estimate of drug-likeness (QED) is 0.874. The Labute approximate surface area is 106 Å². The molecule has 6 nitrogen and oxygen atoms in total. The monoisotopic (exact) mass is 261 g/mol. The van der Waals surface area contributed by atoms with Gasteiger partial charge in [0.1, 0.15) is 11.5 Å². The number of hydrogen-bond donors (Lipinski definition) is 2. The summed E-state index contributed by atoms with van der Waals surface area (Å²) in [5, 5.41) is 11.2. The van der Waals surface area contributed by atoms with Crippen LogP contribution >= 0.6 is 0 Å². The molecule has 7 heteroatoms. The molecule has 0 saturated heterocycles. The third kappa shape index (κ3) is 3.09. The van der Waals surface area contributed by atoms with Crippen LogP contribution in [-0.4, -0.2) is 27.0 Å². The van der Waals surface area contributed by atoms with Crippen molar-refractivity contribution in [2.45, 2.75) is 0 Å². The molecule has 0 spiro atoms. The number of nitrogens with zero attached hydrogens (tertiary/aromatic N) is 2. The fourth-order valence-corrected chi connectivity index (χ4v) is 1.36. The van der Waals surface area contributed by atoms with Crippen molar-refractivity contribution >= 4 is 17.6 Å². The molecule has 0 atom stereocenters. The zero-order chi connectivity index (χ0) is 13.8. The van der Waals surface area contributed by atoms with Crippen LogP contribution in [0.15, 0.2) is 36.8 Å². The van der Waals surface area contributed by atoms with Crippen molar-refractivity contribution in [3.05, 3.63) is 53.9 Å². The molecular weight excluding hydrogens is 253 g/mol. The summed E-state index contributed by atoms with van der Waals surface area (Å²) in [6.45, 7) is 0. The molecule has 0 fully saturated rings. The van der Waals surface area contributed by atoms with Gasteiger partial charge < -0.3 is 10.4 Å². The number of halogens is 1. The predicted octanol–water partition coefficient (Wildman–Crippen LogP) is 1.57. The number of aromatic nitrogens is 2. The Hall–Kier alpha value is -2.83. The number of aromatic carboxylic acids is 1. The minimum atomic E-state index is -1.21. The summed E-state index contributed by atoms with van der Waals surface area (Å²) < 4.78 is 12.9. The van der Waals surface area contributed by atoms with Crippen molar-refractivity contribution in [2.75, 3.05) is 5.32 Å². The van der Waals surface area contributed by atoms with Gasteiger partial charge in [-0.2, -0.15) is 0 Å². The number of carbonyl (C=O) groups is 2. The SMILES string of the molecule is O=C(Nc1ccnc(C(=O)O)c1)c1cncc(F)c1. The summed E-state index contributed by atoms with van der Waals surface area (Å²) >= 11 is 0. The van der Waals surface area contributed by atoms with E-state index >= 15 is 0 Å². The highest BCUT2D eigenvalue weighted by atomic mass is 19.1. The molecule has 0 aliphatic rings. The maximum Gasteiger partial charge on any atom is 0.354 e. The second-order valence-corrected chi connectivity index (χ2v) is 3.58. The number of rotatable bonds is 3. The molecule has 0 aliphatic carbocycles. The highest BCUT2D eigenvalue weighted by molar-refractivity contribution is 6.04. The number of carboxylic acids is 1. The van der Waals surface area contributed by atoms with Crippen molar-refractivity contribution < 1.29 is 19.1 Å². The Balaban J connectivity index is 2.19. The first-order valence-corrected chi connectivity index (χ1v) is 5.17. The fourth-order valence-electron chi connectivity index (χ4n) is 1.36. The molecular formula is C12H8FN3O3. The van der Waals surface area contributed by atoms with Crippen LogP contribution in [0, 0.1) is 5.82 Å². The van der Waals surface area contributed by atoms with Gasteiger partial charge in [0.05, 0.1) is 11.8 Å². The second-order valence-electron chi connectivity index (χ2n) is 3.58. The van der Waals surface area contributed by atoms with E-state index in [0.29, 0.717) is 0 Å². The topological polar surface area (TPSA) is 92.2 Å². The minimum Gasteiger partial charge on any atom is -0.477 e. The van der Waals surface area contributed by atoms with E-state index in [4.69, 9.17) is 5.11 Å². The first kappa shape index (κ1) is 12.6. The normalized spacial score (nSPS) is 9.95. The zero-order valence-corrected chi connectivity index (χ0v) is 9.50. The molecule has 0 unspecified atom stereocenters. The molecule has 0 saturated carbocycles. The van der Waals surface area contributed by atoms with Crippen LogP contribution in [0.25, 0.3) is 0 Å². The third-order valence-corrected chi connectivity index (χ3v) is 2.20. The van der Waals surface area contributed by atoms with Crippen molar-refractivity contribution in [2.24, 2.45) is 0 Å². The van der Waals surface area contributed by atoms with Gasteiger partial charge in [0, 0.05) is 18.1 Å². The Morgan fingerprint density at radius 2 is 2.05 bits per heavy atom. The number of anilines is 1. The smallest absolute Gasteiger partial charge is 0.354 e. The highest BCUT2D eigenvalue weighted by Gasteiger charge is 2.10. The first-order valence-electron chi connectivity index (χ1n) is 5.17. The Morgan fingerprint density at radius 3 is 2.74 bits per heavy atom. The summed E-state index contributed by atoms with van der Waals surface area (Å²) in [6, 6.07) is 3.66. The first-order chi connectivity index (χ1) is 9.06. The molecule has 2 rings (SSSR count). The van der Waals surface area contributed by atoms with Crippen molar-refractivity contribution in [1.82, 2.24) is 9.97 Å². The highest BCUT2D eigenvalue weighted by Crippen LogP contribution is 2.10.